The zero-order valence-electron chi connectivity index (χ0n) is 14.2. The summed E-state index contributed by atoms with van der Waals surface area (Å²) in [6.07, 6.45) is 2.26. The minimum Gasteiger partial charge on any atom is -0.497 e. The van der Waals surface area contributed by atoms with Crippen LogP contribution in [0.25, 0.3) is 0 Å². The highest BCUT2D eigenvalue weighted by molar-refractivity contribution is 5.91. The highest BCUT2D eigenvalue weighted by Crippen LogP contribution is 2.32. The molecule has 2 N–H and O–H groups in total. The lowest BCUT2D eigenvalue weighted by Crippen LogP contribution is -2.35. The molecule has 0 spiro atoms. The third-order valence-electron chi connectivity index (χ3n) is 4.46. The molecule has 132 valence electrons. The van der Waals surface area contributed by atoms with Gasteiger partial charge in [-0.25, -0.2) is 5.10 Å². The van der Waals surface area contributed by atoms with E-state index >= 15 is 0 Å². The van der Waals surface area contributed by atoms with Crippen LogP contribution in [0, 0.1) is 0 Å². The number of H-pyrrole nitrogens is 1. The molecule has 1 amide bonds. The summed E-state index contributed by atoms with van der Waals surface area (Å²) < 4.78 is 5.21. The van der Waals surface area contributed by atoms with Gasteiger partial charge in [-0.1, -0.05) is 12.1 Å². The zero-order valence-corrected chi connectivity index (χ0v) is 14.2. The molecule has 1 saturated heterocycles. The van der Waals surface area contributed by atoms with Gasteiger partial charge >= 0.3 is 0 Å². The van der Waals surface area contributed by atoms with Crippen LogP contribution in [0.2, 0.25) is 0 Å². The lowest BCUT2D eigenvalue weighted by atomic mass is 10.0. The fourth-order valence-corrected chi connectivity index (χ4v) is 3.17. The third-order valence-corrected chi connectivity index (χ3v) is 4.46. The van der Waals surface area contributed by atoms with Crippen molar-refractivity contribution in [3.8, 4) is 5.75 Å². The standard InChI is InChI=1S/C18H22N4O3/c1-25-14-6-4-13(5-7-14)16-3-2-11-22(16)12-10-19-18(24)15-8-9-17(23)21-20-15/h4-9,16H,2-3,10-12H2,1H3,(H,19,24)(H,21,23)/t16-/m1/s1. The minimum absolute atomic E-state index is 0.215. The second-order valence-electron chi connectivity index (χ2n) is 6.03. The molecule has 1 atom stereocenters. The van der Waals surface area contributed by atoms with Crippen LogP contribution in [0.3, 0.4) is 0 Å². The first kappa shape index (κ1) is 17.2. The minimum atomic E-state index is -0.323. The monoisotopic (exact) mass is 342 g/mol. The summed E-state index contributed by atoms with van der Waals surface area (Å²) in [4.78, 5) is 25.4. The van der Waals surface area contributed by atoms with Crippen LogP contribution < -0.4 is 15.6 Å². The Bertz CT molecular complexity index is 752. The van der Waals surface area contributed by atoms with E-state index in [0.717, 1.165) is 31.7 Å². The van der Waals surface area contributed by atoms with Crippen LogP contribution in [0.5, 0.6) is 5.75 Å². The predicted octanol–water partition coefficient (Wildman–Crippen LogP) is 1.35. The van der Waals surface area contributed by atoms with Crippen molar-refractivity contribution in [1.82, 2.24) is 20.4 Å². The fraction of sp³-hybridized carbons (Fsp3) is 0.389. The zero-order chi connectivity index (χ0) is 17.6. The van der Waals surface area contributed by atoms with Gasteiger partial charge in [0, 0.05) is 25.2 Å². The summed E-state index contributed by atoms with van der Waals surface area (Å²) in [5, 5.41) is 8.85. The van der Waals surface area contributed by atoms with Gasteiger partial charge in [0.15, 0.2) is 0 Å². The second-order valence-corrected chi connectivity index (χ2v) is 6.03. The highest BCUT2D eigenvalue weighted by Gasteiger charge is 2.25. The smallest absolute Gasteiger partial charge is 0.271 e. The van der Waals surface area contributed by atoms with Gasteiger partial charge < -0.3 is 10.1 Å². The molecule has 1 fully saturated rings. The number of carbonyl (C=O) groups excluding carboxylic acids is 1. The van der Waals surface area contributed by atoms with Gasteiger partial charge in [-0.2, -0.15) is 5.10 Å². The van der Waals surface area contributed by atoms with Crippen molar-refractivity contribution in [2.45, 2.75) is 18.9 Å². The number of benzene rings is 1. The number of amides is 1. The number of carbonyl (C=O) groups is 1. The molecule has 2 aromatic rings. The van der Waals surface area contributed by atoms with Gasteiger partial charge in [0.25, 0.3) is 11.5 Å². The number of nitrogens with one attached hydrogen (secondary N) is 2. The van der Waals surface area contributed by atoms with E-state index in [-0.39, 0.29) is 17.2 Å². The maximum absolute atomic E-state index is 12.0. The van der Waals surface area contributed by atoms with E-state index in [0.29, 0.717) is 12.6 Å². The average Bonchev–Trinajstić information content (AvgIpc) is 3.11. The topological polar surface area (TPSA) is 87.3 Å². The number of aromatic nitrogens is 2. The van der Waals surface area contributed by atoms with E-state index < -0.39 is 0 Å². The normalized spacial score (nSPS) is 17.4. The quantitative estimate of drug-likeness (QED) is 0.827. The molecule has 7 heteroatoms. The fourth-order valence-electron chi connectivity index (χ4n) is 3.17. The van der Waals surface area contributed by atoms with Crippen LogP contribution in [0.1, 0.15) is 34.9 Å². The van der Waals surface area contributed by atoms with E-state index in [9.17, 15) is 9.59 Å². The molecule has 25 heavy (non-hydrogen) atoms. The van der Waals surface area contributed by atoms with Gasteiger partial charge in [-0.3, -0.25) is 14.5 Å². The summed E-state index contributed by atoms with van der Waals surface area (Å²) in [7, 11) is 1.66. The Morgan fingerprint density at radius 2 is 2.12 bits per heavy atom. The van der Waals surface area contributed by atoms with E-state index in [4.69, 9.17) is 4.74 Å². The molecule has 0 bridgehead atoms. The maximum atomic E-state index is 12.0. The molecular formula is C18H22N4O3. The molecule has 0 unspecified atom stereocenters. The van der Waals surface area contributed by atoms with Crippen molar-refractivity contribution in [2.24, 2.45) is 0 Å². The van der Waals surface area contributed by atoms with Crippen LogP contribution in [0.4, 0.5) is 0 Å². The molecule has 1 aliphatic heterocycles. The van der Waals surface area contributed by atoms with E-state index in [1.54, 1.807) is 7.11 Å². The van der Waals surface area contributed by atoms with Crippen LogP contribution in [0.15, 0.2) is 41.2 Å². The van der Waals surface area contributed by atoms with Gasteiger partial charge in [0.2, 0.25) is 0 Å². The van der Waals surface area contributed by atoms with Gasteiger partial charge in [0.1, 0.15) is 11.4 Å². The lowest BCUT2D eigenvalue weighted by molar-refractivity contribution is 0.0941. The molecule has 1 aromatic heterocycles. The number of hydrogen-bond acceptors (Lipinski definition) is 5. The number of methoxy groups -OCH3 is 1. The maximum Gasteiger partial charge on any atom is 0.271 e. The van der Waals surface area contributed by atoms with Gasteiger partial charge in [-0.15, -0.1) is 0 Å². The Morgan fingerprint density at radius 1 is 1.32 bits per heavy atom. The Hall–Kier alpha value is -2.67. The summed E-state index contributed by atoms with van der Waals surface area (Å²) in [5.41, 5.74) is 1.16. The average molecular weight is 342 g/mol. The Kier molecular flexibility index (Phi) is 5.45. The first-order valence-corrected chi connectivity index (χ1v) is 8.39. The van der Waals surface area contributed by atoms with Crippen LogP contribution >= 0.6 is 0 Å². The van der Waals surface area contributed by atoms with Crippen molar-refractivity contribution >= 4 is 5.91 Å². The molecule has 0 radical (unpaired) electrons. The van der Waals surface area contributed by atoms with Crippen molar-refractivity contribution in [3.63, 3.8) is 0 Å². The number of aromatic amines is 1. The van der Waals surface area contributed by atoms with Crippen LogP contribution in [-0.2, 0) is 0 Å². The largest absolute Gasteiger partial charge is 0.497 e. The number of hydrogen-bond donors (Lipinski definition) is 2. The Morgan fingerprint density at radius 3 is 2.80 bits per heavy atom. The Labute approximate surface area is 146 Å². The first-order chi connectivity index (χ1) is 12.2. The Balaban J connectivity index is 1.53. The molecular weight excluding hydrogens is 320 g/mol. The number of ether oxygens (including phenoxy) is 1. The lowest BCUT2D eigenvalue weighted by Gasteiger charge is -2.25. The SMILES string of the molecule is COc1ccc([C@H]2CCCN2CCNC(=O)c2ccc(=O)[nH]n2)cc1. The molecule has 2 heterocycles. The van der Waals surface area contributed by atoms with Crippen molar-refractivity contribution in [3.05, 3.63) is 58.0 Å². The summed E-state index contributed by atoms with van der Waals surface area (Å²) in [6, 6.07) is 11.3. The molecule has 7 nitrogen and oxygen atoms in total. The molecule has 0 aliphatic carbocycles. The molecule has 1 aliphatic rings. The van der Waals surface area contributed by atoms with E-state index in [1.807, 2.05) is 12.1 Å². The number of rotatable bonds is 6. The van der Waals surface area contributed by atoms with E-state index in [2.05, 4.69) is 32.5 Å². The van der Waals surface area contributed by atoms with Gasteiger partial charge in [0.05, 0.1) is 7.11 Å². The predicted molar refractivity (Wildman–Crippen MR) is 93.7 cm³/mol. The van der Waals surface area contributed by atoms with Crippen molar-refractivity contribution in [2.75, 3.05) is 26.7 Å². The highest BCUT2D eigenvalue weighted by atomic mass is 16.5. The molecule has 1 aromatic carbocycles. The second kappa shape index (κ2) is 7.94. The van der Waals surface area contributed by atoms with Crippen molar-refractivity contribution < 1.29 is 9.53 Å². The summed E-state index contributed by atoms with van der Waals surface area (Å²) in [6.45, 7) is 2.32. The molecule has 0 saturated carbocycles. The molecule has 3 rings (SSSR count). The summed E-state index contributed by atoms with van der Waals surface area (Å²) in [5.74, 6) is 0.574. The summed E-state index contributed by atoms with van der Waals surface area (Å²) >= 11 is 0. The van der Waals surface area contributed by atoms with E-state index in [1.165, 1.54) is 17.7 Å². The van der Waals surface area contributed by atoms with Gasteiger partial charge in [-0.05, 0) is 43.1 Å². The number of nitrogens with zero attached hydrogens (tertiary/aromatic N) is 2. The van der Waals surface area contributed by atoms with Crippen molar-refractivity contribution in [1.29, 1.82) is 0 Å². The third kappa shape index (κ3) is 4.24. The van der Waals surface area contributed by atoms with Crippen LogP contribution in [-0.4, -0.2) is 47.7 Å². The number of likely N-dealkylation sites (tertiary alicyclic amines) is 1. The first-order valence-electron chi connectivity index (χ1n) is 8.39.